The number of nitrogens with zero attached hydrogens (tertiary/aromatic N) is 1. The number of phenolic OH excluding ortho intramolecular Hbond substituents is 1. The smallest absolute Gasteiger partial charge is 0.266 e. The van der Waals surface area contributed by atoms with Crippen LogP contribution in [-0.2, 0) is 34.5 Å². The molecule has 32 heavy (non-hydrogen) atoms. The molecule has 1 aromatic heterocycles. The first-order valence-electron chi connectivity index (χ1n) is 11.3. The van der Waals surface area contributed by atoms with E-state index in [2.05, 4.69) is 9.88 Å². The molecule has 1 saturated heterocycles. The summed E-state index contributed by atoms with van der Waals surface area (Å²) in [6.45, 7) is 1.84. The monoisotopic (exact) mass is 456 g/mol. The SMILES string of the molecule is CS(=O)(=O)c1cc2c([nH]c1=O)C[C@]13CCN(CC4CC4)[C@H](Cc4ccc(O)cc41)[C@]3(O)C2. The van der Waals surface area contributed by atoms with Gasteiger partial charge in [0.1, 0.15) is 10.6 Å². The maximum Gasteiger partial charge on any atom is 0.266 e. The van der Waals surface area contributed by atoms with Gasteiger partial charge in [0.25, 0.3) is 5.56 Å². The second kappa shape index (κ2) is 6.46. The van der Waals surface area contributed by atoms with Crippen molar-refractivity contribution in [2.45, 2.75) is 60.5 Å². The van der Waals surface area contributed by atoms with Crippen LogP contribution >= 0.6 is 0 Å². The minimum absolute atomic E-state index is 0.0874. The van der Waals surface area contributed by atoms with E-state index in [-0.39, 0.29) is 23.1 Å². The van der Waals surface area contributed by atoms with Gasteiger partial charge in [-0.2, -0.15) is 0 Å². The lowest BCUT2D eigenvalue weighted by Gasteiger charge is -2.63. The summed E-state index contributed by atoms with van der Waals surface area (Å²) in [5.41, 5.74) is 1.14. The highest BCUT2D eigenvalue weighted by Crippen LogP contribution is 2.57. The van der Waals surface area contributed by atoms with Gasteiger partial charge < -0.3 is 15.2 Å². The van der Waals surface area contributed by atoms with Crippen LogP contribution in [0.2, 0.25) is 0 Å². The number of sulfone groups is 1. The fourth-order valence-electron chi connectivity index (χ4n) is 6.64. The summed E-state index contributed by atoms with van der Waals surface area (Å²) in [6, 6.07) is 6.83. The number of fused-ring (bicyclic) bond motifs is 2. The lowest BCUT2D eigenvalue weighted by atomic mass is 9.49. The number of pyridine rings is 1. The molecular formula is C24H28N2O5S. The average molecular weight is 457 g/mol. The van der Waals surface area contributed by atoms with E-state index in [1.54, 1.807) is 12.1 Å². The first-order valence-corrected chi connectivity index (χ1v) is 13.2. The van der Waals surface area contributed by atoms with Crippen LogP contribution in [-0.4, -0.2) is 59.5 Å². The number of aromatic nitrogens is 1. The van der Waals surface area contributed by atoms with Crippen LogP contribution in [0.15, 0.2) is 34.0 Å². The molecule has 3 N–H and O–H groups in total. The van der Waals surface area contributed by atoms with Crippen LogP contribution in [0.3, 0.4) is 0 Å². The van der Waals surface area contributed by atoms with E-state index in [0.717, 1.165) is 36.9 Å². The minimum Gasteiger partial charge on any atom is -0.508 e. The second-order valence-corrected chi connectivity index (χ2v) is 12.3. The number of phenols is 1. The Morgan fingerprint density at radius 1 is 1.19 bits per heavy atom. The molecule has 7 nitrogen and oxygen atoms in total. The quantitative estimate of drug-likeness (QED) is 0.642. The first kappa shape index (κ1) is 20.4. The maximum atomic E-state index is 12.6. The molecule has 2 heterocycles. The second-order valence-electron chi connectivity index (χ2n) is 10.3. The van der Waals surface area contributed by atoms with Crippen molar-refractivity contribution in [1.29, 1.82) is 0 Å². The molecule has 3 aliphatic carbocycles. The predicted molar refractivity (Wildman–Crippen MR) is 119 cm³/mol. The summed E-state index contributed by atoms with van der Waals surface area (Å²) >= 11 is 0. The van der Waals surface area contributed by atoms with Crippen LogP contribution < -0.4 is 5.56 Å². The molecule has 6 rings (SSSR count). The number of hydrogen-bond donors (Lipinski definition) is 3. The van der Waals surface area contributed by atoms with Crippen molar-refractivity contribution in [3.63, 3.8) is 0 Å². The van der Waals surface area contributed by atoms with Gasteiger partial charge in [-0.25, -0.2) is 8.42 Å². The normalized spacial score (nSPS) is 31.5. The summed E-state index contributed by atoms with van der Waals surface area (Å²) in [4.78, 5) is 17.6. The van der Waals surface area contributed by atoms with E-state index < -0.39 is 26.4 Å². The summed E-state index contributed by atoms with van der Waals surface area (Å²) < 4.78 is 24.3. The fourth-order valence-corrected chi connectivity index (χ4v) is 7.38. The molecule has 0 unspecified atom stereocenters. The van der Waals surface area contributed by atoms with Crippen molar-refractivity contribution in [1.82, 2.24) is 9.88 Å². The van der Waals surface area contributed by atoms with Crippen molar-refractivity contribution >= 4 is 9.84 Å². The lowest BCUT2D eigenvalue weighted by Crippen LogP contribution is -2.74. The molecule has 0 spiro atoms. The number of rotatable bonds is 3. The minimum atomic E-state index is -3.68. The molecular weight excluding hydrogens is 428 g/mol. The van der Waals surface area contributed by atoms with Gasteiger partial charge in [0.15, 0.2) is 9.84 Å². The topological polar surface area (TPSA) is 111 Å². The Hall–Kier alpha value is -2.16. The molecule has 0 radical (unpaired) electrons. The van der Waals surface area contributed by atoms with Gasteiger partial charge in [0.05, 0.1) is 5.60 Å². The van der Waals surface area contributed by atoms with Gasteiger partial charge in [-0.1, -0.05) is 6.07 Å². The third-order valence-corrected chi connectivity index (χ3v) is 9.48. The van der Waals surface area contributed by atoms with Gasteiger partial charge in [-0.3, -0.25) is 9.69 Å². The number of H-pyrrole nitrogens is 1. The third kappa shape index (κ3) is 2.79. The predicted octanol–water partition coefficient (Wildman–Crippen LogP) is 1.29. The molecule has 1 aromatic carbocycles. The molecule has 2 bridgehead atoms. The lowest BCUT2D eigenvalue weighted by molar-refractivity contribution is -0.152. The summed E-state index contributed by atoms with van der Waals surface area (Å²) in [5.74, 6) is 0.863. The largest absolute Gasteiger partial charge is 0.508 e. The summed E-state index contributed by atoms with van der Waals surface area (Å²) in [6.07, 6.45) is 5.62. The van der Waals surface area contributed by atoms with E-state index in [9.17, 15) is 23.4 Å². The van der Waals surface area contributed by atoms with Gasteiger partial charge in [-0.05, 0) is 73.0 Å². The van der Waals surface area contributed by atoms with Crippen LogP contribution in [0.25, 0.3) is 0 Å². The van der Waals surface area contributed by atoms with Gasteiger partial charge >= 0.3 is 0 Å². The number of benzene rings is 1. The molecule has 2 aromatic rings. The number of piperidine rings is 1. The van der Waals surface area contributed by atoms with E-state index in [1.807, 2.05) is 6.07 Å². The Morgan fingerprint density at radius 3 is 2.69 bits per heavy atom. The van der Waals surface area contributed by atoms with Crippen LogP contribution in [0.5, 0.6) is 5.75 Å². The zero-order chi connectivity index (χ0) is 22.5. The van der Waals surface area contributed by atoms with Crippen LogP contribution in [0.4, 0.5) is 0 Å². The molecule has 8 heteroatoms. The van der Waals surface area contributed by atoms with Gasteiger partial charge in [0, 0.05) is 42.8 Å². The van der Waals surface area contributed by atoms with Crippen molar-refractivity contribution in [2.75, 3.05) is 19.3 Å². The zero-order valence-electron chi connectivity index (χ0n) is 18.1. The van der Waals surface area contributed by atoms with Crippen molar-refractivity contribution in [3.8, 4) is 5.75 Å². The Bertz CT molecular complexity index is 1300. The highest BCUT2D eigenvalue weighted by Gasteiger charge is 2.64. The van der Waals surface area contributed by atoms with Gasteiger partial charge in [0.2, 0.25) is 0 Å². The standard InChI is InChI=1S/C24H28N2O5S/c1-32(30,31)20-8-16-11-24(29)21-9-15-4-5-17(27)10-18(15)23(24,12-19(16)25-22(20)28)6-7-26(21)13-14-2-3-14/h4-5,8,10,14,21,27,29H,2-3,6-7,9,11-13H2,1H3,(H,25,28)/t21-,23-,24-/m1/s1. The van der Waals surface area contributed by atoms with Crippen molar-refractivity contribution in [2.24, 2.45) is 5.92 Å². The molecule has 0 amide bonds. The van der Waals surface area contributed by atoms with E-state index >= 15 is 0 Å². The third-order valence-electron chi connectivity index (χ3n) is 8.38. The number of likely N-dealkylation sites (tertiary alicyclic amines) is 1. The number of aromatic hydroxyl groups is 1. The highest BCUT2D eigenvalue weighted by molar-refractivity contribution is 7.90. The van der Waals surface area contributed by atoms with Crippen LogP contribution in [0, 0.1) is 5.92 Å². The number of aromatic amines is 1. The van der Waals surface area contributed by atoms with E-state index in [0.29, 0.717) is 30.0 Å². The van der Waals surface area contributed by atoms with Crippen molar-refractivity contribution < 1.29 is 18.6 Å². The Kier molecular flexibility index (Phi) is 4.13. The molecule has 1 saturated carbocycles. The Morgan fingerprint density at radius 2 is 1.97 bits per heavy atom. The summed E-state index contributed by atoms with van der Waals surface area (Å²) in [7, 11) is -3.68. The van der Waals surface area contributed by atoms with E-state index in [4.69, 9.17) is 0 Å². The first-order chi connectivity index (χ1) is 15.1. The molecule has 4 aliphatic rings. The van der Waals surface area contributed by atoms with Crippen LogP contribution in [0.1, 0.15) is 41.6 Å². The number of nitrogens with one attached hydrogen (secondary N) is 1. The fraction of sp³-hybridized carbons (Fsp3) is 0.542. The van der Waals surface area contributed by atoms with Gasteiger partial charge in [-0.15, -0.1) is 0 Å². The van der Waals surface area contributed by atoms with Crippen molar-refractivity contribution in [3.05, 3.63) is 57.0 Å². The maximum absolute atomic E-state index is 12.6. The van der Waals surface area contributed by atoms with E-state index in [1.165, 1.54) is 18.9 Å². The average Bonchev–Trinajstić information content (AvgIpc) is 3.52. The number of aliphatic hydroxyl groups is 1. The molecule has 170 valence electrons. The molecule has 3 atom stereocenters. The Labute approximate surface area is 187 Å². The Balaban J connectivity index is 1.55. The number of hydrogen-bond acceptors (Lipinski definition) is 6. The zero-order valence-corrected chi connectivity index (χ0v) is 18.9. The summed E-state index contributed by atoms with van der Waals surface area (Å²) in [5, 5.41) is 22.7. The molecule has 1 aliphatic heterocycles. The highest BCUT2D eigenvalue weighted by atomic mass is 32.2. The molecule has 2 fully saturated rings.